The fourth-order valence-corrected chi connectivity index (χ4v) is 3.22. The maximum atomic E-state index is 12.3. The third-order valence-corrected chi connectivity index (χ3v) is 4.63. The number of nitrogens with zero attached hydrogens (tertiary/aromatic N) is 3. The van der Waals surface area contributed by atoms with Crippen LogP contribution in [0.25, 0.3) is 0 Å². The first-order valence-corrected chi connectivity index (χ1v) is 8.02. The van der Waals surface area contributed by atoms with Crippen molar-refractivity contribution in [3.63, 3.8) is 0 Å². The number of carbonyl (C=O) groups is 1. The highest BCUT2D eigenvalue weighted by Gasteiger charge is 2.24. The summed E-state index contributed by atoms with van der Waals surface area (Å²) in [6, 6.07) is 2.26. The Labute approximate surface area is 124 Å². The molecule has 0 spiro atoms. The van der Waals surface area contributed by atoms with Crippen molar-refractivity contribution >= 4 is 22.8 Å². The number of likely N-dealkylation sites (N-methyl/N-ethyl adjacent to an activating group) is 1. The molecule has 0 radical (unpaired) electrons. The van der Waals surface area contributed by atoms with Gasteiger partial charge in [0.1, 0.15) is 11.6 Å². The minimum Gasteiger partial charge on any atom is -0.340 e. The topological polar surface area (TPSA) is 68.5 Å². The van der Waals surface area contributed by atoms with Gasteiger partial charge in [-0.25, -0.2) is 0 Å². The van der Waals surface area contributed by atoms with Crippen LogP contribution >= 0.6 is 11.8 Å². The van der Waals surface area contributed by atoms with Gasteiger partial charge in [0.15, 0.2) is 5.17 Å². The molecule has 1 amide bonds. The standard InChI is InChI=1S/C14H20N4OS/c1-18(12-5-3-2-4-6-12)13(19)11(9-15)10-17-14-16-7-8-20-14/h10,12H,2-8H2,1H3,(H,16,17)/b11-10-. The lowest BCUT2D eigenvalue weighted by molar-refractivity contribution is -0.128. The lowest BCUT2D eigenvalue weighted by Gasteiger charge is -2.31. The molecule has 1 heterocycles. The molecular formula is C14H20N4OS. The van der Waals surface area contributed by atoms with Gasteiger partial charge in [-0.2, -0.15) is 5.26 Å². The van der Waals surface area contributed by atoms with Crippen molar-refractivity contribution in [2.24, 2.45) is 4.99 Å². The third-order valence-electron chi connectivity index (χ3n) is 3.72. The molecule has 0 aromatic rings. The predicted molar refractivity (Wildman–Crippen MR) is 81.2 cm³/mol. The van der Waals surface area contributed by atoms with Crippen LogP contribution in [0.4, 0.5) is 0 Å². The second-order valence-corrected chi connectivity index (χ2v) is 6.14. The van der Waals surface area contributed by atoms with Crippen molar-refractivity contribution in [2.45, 2.75) is 38.1 Å². The first-order valence-electron chi connectivity index (χ1n) is 7.03. The average Bonchev–Trinajstić information content (AvgIpc) is 3.01. The van der Waals surface area contributed by atoms with Gasteiger partial charge in [-0.3, -0.25) is 9.79 Å². The molecule has 0 aromatic heterocycles. The van der Waals surface area contributed by atoms with Crippen LogP contribution in [0.5, 0.6) is 0 Å². The molecule has 1 aliphatic heterocycles. The van der Waals surface area contributed by atoms with Gasteiger partial charge in [0, 0.05) is 25.0 Å². The SMILES string of the molecule is CN(C(=O)/C(C#N)=C\NC1=NCCS1)C1CCCCC1. The van der Waals surface area contributed by atoms with Gasteiger partial charge in [0.05, 0.1) is 6.54 Å². The summed E-state index contributed by atoms with van der Waals surface area (Å²) in [5.41, 5.74) is 0.147. The summed E-state index contributed by atoms with van der Waals surface area (Å²) >= 11 is 1.60. The number of nitriles is 1. The minimum absolute atomic E-state index is 0.147. The molecule has 1 N–H and O–H groups in total. The molecule has 1 aliphatic carbocycles. The summed E-state index contributed by atoms with van der Waals surface area (Å²) in [5, 5.41) is 12.9. The Morgan fingerprint density at radius 2 is 2.25 bits per heavy atom. The van der Waals surface area contributed by atoms with E-state index >= 15 is 0 Å². The fourth-order valence-electron chi connectivity index (χ4n) is 2.52. The first kappa shape index (κ1) is 14.9. The van der Waals surface area contributed by atoms with Gasteiger partial charge in [-0.1, -0.05) is 31.0 Å². The Bertz CT molecular complexity index is 460. The third kappa shape index (κ3) is 3.76. The average molecular weight is 292 g/mol. The number of carbonyl (C=O) groups excluding carboxylic acids is 1. The molecule has 0 atom stereocenters. The summed E-state index contributed by atoms with van der Waals surface area (Å²) in [4.78, 5) is 18.3. The van der Waals surface area contributed by atoms with E-state index in [1.165, 1.54) is 25.5 Å². The predicted octanol–water partition coefficient (Wildman–Crippen LogP) is 1.88. The zero-order chi connectivity index (χ0) is 14.4. The molecule has 108 valence electrons. The zero-order valence-electron chi connectivity index (χ0n) is 11.8. The first-order chi connectivity index (χ1) is 9.72. The van der Waals surface area contributed by atoms with Crippen LogP contribution in [0.1, 0.15) is 32.1 Å². The lowest BCUT2D eigenvalue weighted by atomic mass is 9.94. The van der Waals surface area contributed by atoms with Crippen molar-refractivity contribution in [1.82, 2.24) is 10.2 Å². The maximum Gasteiger partial charge on any atom is 0.266 e. The van der Waals surface area contributed by atoms with Crippen LogP contribution in [0.3, 0.4) is 0 Å². The number of aliphatic imine (C=N–C) groups is 1. The summed E-state index contributed by atoms with van der Waals surface area (Å²) in [7, 11) is 1.80. The highest BCUT2D eigenvalue weighted by atomic mass is 32.2. The second kappa shape index (κ2) is 7.34. The largest absolute Gasteiger partial charge is 0.340 e. The molecule has 2 rings (SSSR count). The van der Waals surface area contributed by atoms with Gasteiger partial charge < -0.3 is 10.2 Å². The Hall–Kier alpha value is -1.48. The molecule has 0 unspecified atom stereocenters. The normalized spacial score (nSPS) is 20.2. The van der Waals surface area contributed by atoms with E-state index in [2.05, 4.69) is 10.3 Å². The lowest BCUT2D eigenvalue weighted by Crippen LogP contribution is -2.39. The summed E-state index contributed by atoms with van der Waals surface area (Å²) in [6.45, 7) is 0.790. The number of amides is 1. The van der Waals surface area contributed by atoms with E-state index in [9.17, 15) is 4.79 Å². The van der Waals surface area contributed by atoms with E-state index < -0.39 is 0 Å². The number of hydrogen-bond donors (Lipinski definition) is 1. The molecule has 1 saturated carbocycles. The highest BCUT2D eigenvalue weighted by molar-refractivity contribution is 8.14. The monoisotopic (exact) mass is 292 g/mol. The van der Waals surface area contributed by atoms with Gasteiger partial charge in [-0.05, 0) is 12.8 Å². The fraction of sp³-hybridized carbons (Fsp3) is 0.643. The maximum absolute atomic E-state index is 12.3. The molecule has 0 bridgehead atoms. The van der Waals surface area contributed by atoms with Crippen LogP contribution in [0, 0.1) is 11.3 Å². The van der Waals surface area contributed by atoms with E-state index in [4.69, 9.17) is 5.26 Å². The van der Waals surface area contributed by atoms with E-state index in [-0.39, 0.29) is 17.5 Å². The second-order valence-electron chi connectivity index (χ2n) is 5.06. The number of amidine groups is 1. The van der Waals surface area contributed by atoms with Gasteiger partial charge in [0.25, 0.3) is 5.91 Å². The molecule has 20 heavy (non-hydrogen) atoms. The Morgan fingerprint density at radius 3 is 2.85 bits per heavy atom. The van der Waals surface area contributed by atoms with Crippen molar-refractivity contribution in [2.75, 3.05) is 19.3 Å². The summed E-state index contributed by atoms with van der Waals surface area (Å²) < 4.78 is 0. The van der Waals surface area contributed by atoms with E-state index in [1.54, 1.807) is 23.7 Å². The summed E-state index contributed by atoms with van der Waals surface area (Å²) in [6.07, 6.45) is 7.14. The van der Waals surface area contributed by atoms with Crippen LogP contribution in [0.15, 0.2) is 16.8 Å². The molecule has 5 nitrogen and oxygen atoms in total. The molecule has 1 fully saturated rings. The van der Waals surface area contributed by atoms with E-state index in [0.29, 0.717) is 0 Å². The molecule has 2 aliphatic rings. The zero-order valence-corrected chi connectivity index (χ0v) is 12.6. The van der Waals surface area contributed by atoms with Crippen molar-refractivity contribution in [3.8, 4) is 6.07 Å². The number of hydrogen-bond acceptors (Lipinski definition) is 5. The number of thioether (sulfide) groups is 1. The van der Waals surface area contributed by atoms with Crippen molar-refractivity contribution in [3.05, 3.63) is 11.8 Å². The van der Waals surface area contributed by atoms with Crippen molar-refractivity contribution < 1.29 is 4.79 Å². The van der Waals surface area contributed by atoms with Crippen LogP contribution < -0.4 is 5.32 Å². The number of rotatable bonds is 3. The molecule has 0 aromatic carbocycles. The summed E-state index contributed by atoms with van der Waals surface area (Å²) in [5.74, 6) is 0.754. The van der Waals surface area contributed by atoms with Crippen LogP contribution in [-0.4, -0.2) is 41.4 Å². The van der Waals surface area contributed by atoms with Gasteiger partial charge >= 0.3 is 0 Å². The Kier molecular flexibility index (Phi) is 5.48. The van der Waals surface area contributed by atoms with Crippen LogP contribution in [0.2, 0.25) is 0 Å². The van der Waals surface area contributed by atoms with Crippen LogP contribution in [-0.2, 0) is 4.79 Å². The Balaban J connectivity index is 1.96. The molecule has 0 saturated heterocycles. The quantitative estimate of drug-likeness (QED) is 0.637. The highest BCUT2D eigenvalue weighted by Crippen LogP contribution is 2.22. The van der Waals surface area contributed by atoms with Gasteiger partial charge in [0.2, 0.25) is 0 Å². The Morgan fingerprint density at radius 1 is 1.50 bits per heavy atom. The molecule has 6 heteroatoms. The smallest absolute Gasteiger partial charge is 0.266 e. The van der Waals surface area contributed by atoms with E-state index in [0.717, 1.165) is 30.3 Å². The molecular weight excluding hydrogens is 272 g/mol. The van der Waals surface area contributed by atoms with Crippen molar-refractivity contribution in [1.29, 1.82) is 5.26 Å². The van der Waals surface area contributed by atoms with E-state index in [1.807, 2.05) is 6.07 Å². The minimum atomic E-state index is -0.199. The number of nitrogens with one attached hydrogen (secondary N) is 1. The van der Waals surface area contributed by atoms with Gasteiger partial charge in [-0.15, -0.1) is 0 Å².